The molecule has 0 aromatic rings. The minimum atomic E-state index is -1.54. The molecule has 200 valence electrons. The first kappa shape index (κ1) is 28.1. The van der Waals surface area contributed by atoms with Gasteiger partial charge in [-0.15, -0.1) is 0 Å². The molecule has 0 aromatic heterocycles. The number of hydrogen-bond acceptors (Lipinski definition) is 13. The van der Waals surface area contributed by atoms with E-state index < -0.39 is 92.1 Å². The van der Waals surface area contributed by atoms with Crippen molar-refractivity contribution in [2.45, 2.75) is 113 Å². The van der Waals surface area contributed by atoms with Crippen LogP contribution in [0.15, 0.2) is 0 Å². The summed E-state index contributed by atoms with van der Waals surface area (Å²) in [5.41, 5.74) is 0. The maximum absolute atomic E-state index is 11.0. The molecule has 0 bridgehead atoms. The van der Waals surface area contributed by atoms with Gasteiger partial charge in [-0.2, -0.15) is 0 Å². The zero-order valence-corrected chi connectivity index (χ0v) is 20.2. The standard InChI is InChI=1S/C21H38O13/c1-7-11(23)16(18(29-6)19(26)30-7)34-20-13(25)15(10(22)8(2)31-20)33-21-17(28-5)12(24)14(27-4)9(3)32-21/h7-26H,1-6H3/t7-,8-,9-,10-,11-,12+,13+,14+,15+,16+,17-,18+,19?,20-,21-/m0/s1. The van der Waals surface area contributed by atoms with Gasteiger partial charge in [0.25, 0.3) is 0 Å². The number of hydrogen-bond donors (Lipinski definition) is 5. The molecule has 3 rings (SSSR count). The fraction of sp³-hybridized carbons (Fsp3) is 1.00. The van der Waals surface area contributed by atoms with Crippen molar-refractivity contribution in [3.05, 3.63) is 0 Å². The molecular formula is C21H38O13. The van der Waals surface area contributed by atoms with Gasteiger partial charge in [0.1, 0.15) is 54.9 Å². The highest BCUT2D eigenvalue weighted by Gasteiger charge is 2.53. The van der Waals surface area contributed by atoms with Crippen molar-refractivity contribution < 1.29 is 63.4 Å². The molecule has 1 unspecified atom stereocenters. The van der Waals surface area contributed by atoms with E-state index in [-0.39, 0.29) is 0 Å². The minimum Gasteiger partial charge on any atom is -0.388 e. The third-order valence-corrected chi connectivity index (χ3v) is 6.71. The van der Waals surface area contributed by atoms with Crippen LogP contribution in [0.5, 0.6) is 0 Å². The summed E-state index contributed by atoms with van der Waals surface area (Å²) in [6.45, 7) is 4.80. The number of ether oxygens (including phenoxy) is 8. The second-order valence-corrected chi connectivity index (χ2v) is 8.92. The van der Waals surface area contributed by atoms with Gasteiger partial charge in [0.05, 0.1) is 18.3 Å². The first-order valence-electron chi connectivity index (χ1n) is 11.3. The average Bonchev–Trinajstić information content (AvgIpc) is 2.78. The summed E-state index contributed by atoms with van der Waals surface area (Å²) >= 11 is 0. The molecule has 3 aliphatic rings. The van der Waals surface area contributed by atoms with Crippen LogP contribution in [-0.4, -0.2) is 139 Å². The third kappa shape index (κ3) is 5.42. The molecule has 0 spiro atoms. The third-order valence-electron chi connectivity index (χ3n) is 6.71. The molecule has 0 aliphatic carbocycles. The van der Waals surface area contributed by atoms with E-state index in [0.717, 1.165) is 0 Å². The molecule has 13 heteroatoms. The van der Waals surface area contributed by atoms with Crippen LogP contribution in [0, 0.1) is 0 Å². The lowest BCUT2D eigenvalue weighted by Gasteiger charge is -2.48. The van der Waals surface area contributed by atoms with Crippen molar-refractivity contribution in [1.82, 2.24) is 0 Å². The zero-order valence-electron chi connectivity index (χ0n) is 20.2. The SMILES string of the molecule is CO[C@@H]1[C@H](O[C@@H]2[C@@H](O)[C@H](C)O[C@@H](O[C@@H]3[C@@H](O)[C@H](C)OC(O)[C@@H]3OC)[C@@H]2O)O[C@@H](C)[C@@H](OC)[C@H]1O. The first-order chi connectivity index (χ1) is 16.0. The number of aliphatic hydroxyl groups excluding tert-OH is 5. The summed E-state index contributed by atoms with van der Waals surface area (Å²) in [4.78, 5) is 0. The van der Waals surface area contributed by atoms with Crippen molar-refractivity contribution in [3.63, 3.8) is 0 Å². The quantitative estimate of drug-likeness (QED) is 0.249. The highest BCUT2D eigenvalue weighted by Crippen LogP contribution is 2.33. The van der Waals surface area contributed by atoms with Crippen molar-refractivity contribution in [3.8, 4) is 0 Å². The van der Waals surface area contributed by atoms with E-state index in [0.29, 0.717) is 0 Å². The molecule has 0 amide bonds. The summed E-state index contributed by atoms with van der Waals surface area (Å²) in [6.07, 6.45) is -16.3. The summed E-state index contributed by atoms with van der Waals surface area (Å²) in [6, 6.07) is 0. The van der Waals surface area contributed by atoms with Gasteiger partial charge in [-0.3, -0.25) is 0 Å². The minimum absolute atomic E-state index is 0.571. The summed E-state index contributed by atoms with van der Waals surface area (Å²) in [5.74, 6) is 0. The van der Waals surface area contributed by atoms with Crippen LogP contribution in [0.4, 0.5) is 0 Å². The Bertz CT molecular complexity index is 640. The fourth-order valence-electron chi connectivity index (χ4n) is 4.67. The van der Waals surface area contributed by atoms with E-state index in [1.165, 1.54) is 21.3 Å². The van der Waals surface area contributed by atoms with Crippen LogP contribution < -0.4 is 0 Å². The predicted octanol–water partition coefficient (Wildman–Crippen LogP) is -2.53. The van der Waals surface area contributed by atoms with Crippen LogP contribution in [0.25, 0.3) is 0 Å². The van der Waals surface area contributed by atoms with Crippen molar-refractivity contribution in [2.24, 2.45) is 0 Å². The van der Waals surface area contributed by atoms with E-state index in [4.69, 9.17) is 37.9 Å². The summed E-state index contributed by atoms with van der Waals surface area (Å²) in [7, 11) is 4.12. The van der Waals surface area contributed by atoms with E-state index in [1.807, 2.05) is 0 Å². The van der Waals surface area contributed by atoms with Crippen molar-refractivity contribution >= 4 is 0 Å². The molecular weight excluding hydrogens is 460 g/mol. The monoisotopic (exact) mass is 498 g/mol. The van der Waals surface area contributed by atoms with Crippen LogP contribution in [0.2, 0.25) is 0 Å². The molecule has 15 atom stereocenters. The van der Waals surface area contributed by atoms with Crippen molar-refractivity contribution in [1.29, 1.82) is 0 Å². The van der Waals surface area contributed by atoms with Crippen LogP contribution in [-0.2, 0) is 37.9 Å². The van der Waals surface area contributed by atoms with E-state index >= 15 is 0 Å². The lowest BCUT2D eigenvalue weighted by atomic mass is 9.96. The molecule has 0 radical (unpaired) electrons. The van der Waals surface area contributed by atoms with Gasteiger partial charge < -0.3 is 63.4 Å². The maximum Gasteiger partial charge on any atom is 0.187 e. The summed E-state index contributed by atoms with van der Waals surface area (Å²) < 4.78 is 44.3. The number of aliphatic hydroxyl groups is 5. The summed E-state index contributed by atoms with van der Waals surface area (Å²) in [5, 5.41) is 53.1. The van der Waals surface area contributed by atoms with E-state index in [9.17, 15) is 25.5 Å². The van der Waals surface area contributed by atoms with Crippen LogP contribution >= 0.6 is 0 Å². The maximum atomic E-state index is 11.0. The molecule has 3 aliphatic heterocycles. The molecule has 3 heterocycles. The molecule has 34 heavy (non-hydrogen) atoms. The van der Waals surface area contributed by atoms with Crippen molar-refractivity contribution in [2.75, 3.05) is 21.3 Å². The molecule has 3 saturated heterocycles. The van der Waals surface area contributed by atoms with Gasteiger partial charge in [-0.25, -0.2) is 0 Å². The normalized spacial score (nSPS) is 52.5. The Labute approximate surface area is 198 Å². The number of methoxy groups -OCH3 is 3. The second-order valence-electron chi connectivity index (χ2n) is 8.92. The Balaban J connectivity index is 1.77. The number of rotatable bonds is 7. The highest BCUT2D eigenvalue weighted by atomic mass is 16.8. The predicted molar refractivity (Wildman–Crippen MR) is 111 cm³/mol. The van der Waals surface area contributed by atoms with Gasteiger partial charge in [0.2, 0.25) is 0 Å². The zero-order chi connectivity index (χ0) is 25.3. The Hall–Kier alpha value is -0.520. The molecule has 3 fully saturated rings. The van der Waals surface area contributed by atoms with Gasteiger partial charge in [0.15, 0.2) is 18.9 Å². The Morgan fingerprint density at radius 1 is 0.471 bits per heavy atom. The largest absolute Gasteiger partial charge is 0.388 e. The second kappa shape index (κ2) is 11.7. The lowest BCUT2D eigenvalue weighted by Crippen LogP contribution is -2.65. The Morgan fingerprint density at radius 3 is 1.56 bits per heavy atom. The van der Waals surface area contributed by atoms with E-state index in [2.05, 4.69) is 0 Å². The Morgan fingerprint density at radius 2 is 0.971 bits per heavy atom. The van der Waals surface area contributed by atoms with Gasteiger partial charge in [0, 0.05) is 21.3 Å². The molecule has 0 aromatic carbocycles. The molecule has 0 saturated carbocycles. The highest BCUT2D eigenvalue weighted by molar-refractivity contribution is 4.95. The molecule has 5 N–H and O–H groups in total. The molecule has 13 nitrogen and oxygen atoms in total. The van der Waals surface area contributed by atoms with Crippen LogP contribution in [0.3, 0.4) is 0 Å². The lowest BCUT2D eigenvalue weighted by molar-refractivity contribution is -0.376. The van der Waals surface area contributed by atoms with Gasteiger partial charge in [-0.05, 0) is 20.8 Å². The van der Waals surface area contributed by atoms with Gasteiger partial charge >= 0.3 is 0 Å². The van der Waals surface area contributed by atoms with Crippen LogP contribution in [0.1, 0.15) is 20.8 Å². The fourth-order valence-corrected chi connectivity index (χ4v) is 4.67. The van der Waals surface area contributed by atoms with E-state index in [1.54, 1.807) is 20.8 Å². The van der Waals surface area contributed by atoms with Gasteiger partial charge in [-0.1, -0.05) is 0 Å². The smallest absolute Gasteiger partial charge is 0.187 e. The average molecular weight is 499 g/mol. The topological polar surface area (TPSA) is 175 Å². The Kier molecular flexibility index (Phi) is 9.64. The first-order valence-corrected chi connectivity index (χ1v) is 11.3.